The fourth-order valence-electron chi connectivity index (χ4n) is 2.93. The van der Waals surface area contributed by atoms with Crippen LogP contribution in [0.5, 0.6) is 5.75 Å². The second-order valence-corrected chi connectivity index (χ2v) is 7.06. The van der Waals surface area contributed by atoms with Crippen molar-refractivity contribution in [2.24, 2.45) is 0 Å². The molecule has 0 aliphatic carbocycles. The van der Waals surface area contributed by atoms with Crippen LogP contribution in [0.4, 0.5) is 5.69 Å². The highest BCUT2D eigenvalue weighted by Gasteiger charge is 2.25. The number of hydrogen-bond acceptors (Lipinski definition) is 4. The van der Waals surface area contributed by atoms with Crippen molar-refractivity contribution in [2.45, 2.75) is 25.9 Å². The van der Waals surface area contributed by atoms with E-state index < -0.39 is 12.1 Å². The van der Waals surface area contributed by atoms with E-state index in [1.54, 1.807) is 17.0 Å². The van der Waals surface area contributed by atoms with Crippen molar-refractivity contribution in [1.29, 1.82) is 0 Å². The van der Waals surface area contributed by atoms with Gasteiger partial charge < -0.3 is 14.4 Å². The SMILES string of the molecule is C[C@H](Oc1ccc(Cl)cc1Cl)C(=O)OCC(=O)N1CCCc2ccccc21. The van der Waals surface area contributed by atoms with E-state index >= 15 is 0 Å². The van der Waals surface area contributed by atoms with Gasteiger partial charge in [0.2, 0.25) is 0 Å². The number of esters is 1. The van der Waals surface area contributed by atoms with E-state index in [9.17, 15) is 9.59 Å². The third kappa shape index (κ3) is 4.73. The summed E-state index contributed by atoms with van der Waals surface area (Å²) in [5, 5.41) is 0.762. The number of anilines is 1. The van der Waals surface area contributed by atoms with Crippen molar-refractivity contribution in [1.82, 2.24) is 0 Å². The van der Waals surface area contributed by atoms with Crippen LogP contribution in [0.1, 0.15) is 18.9 Å². The summed E-state index contributed by atoms with van der Waals surface area (Å²) in [6.45, 7) is 1.81. The van der Waals surface area contributed by atoms with Crippen LogP contribution in [0.25, 0.3) is 0 Å². The minimum atomic E-state index is -0.912. The van der Waals surface area contributed by atoms with E-state index in [-0.39, 0.29) is 12.5 Å². The molecular weight excluding hydrogens is 389 g/mol. The smallest absolute Gasteiger partial charge is 0.347 e. The van der Waals surface area contributed by atoms with Crippen molar-refractivity contribution >= 4 is 40.8 Å². The minimum absolute atomic E-state index is 0.257. The van der Waals surface area contributed by atoms with Crippen LogP contribution in [0.3, 0.4) is 0 Å². The van der Waals surface area contributed by atoms with Gasteiger partial charge >= 0.3 is 5.97 Å². The van der Waals surface area contributed by atoms with Crippen LogP contribution in [0.15, 0.2) is 42.5 Å². The van der Waals surface area contributed by atoms with Crippen LogP contribution in [-0.2, 0) is 20.7 Å². The summed E-state index contributed by atoms with van der Waals surface area (Å²) in [5.74, 6) is -0.575. The zero-order valence-corrected chi connectivity index (χ0v) is 16.3. The third-order valence-corrected chi connectivity index (χ3v) is 4.81. The molecule has 27 heavy (non-hydrogen) atoms. The van der Waals surface area contributed by atoms with Gasteiger partial charge in [-0.15, -0.1) is 0 Å². The normalized spacial score (nSPS) is 14.3. The molecule has 5 nitrogen and oxygen atoms in total. The Labute approximate surface area is 167 Å². The van der Waals surface area contributed by atoms with Gasteiger partial charge in [0, 0.05) is 17.3 Å². The van der Waals surface area contributed by atoms with Crippen molar-refractivity contribution in [3.63, 3.8) is 0 Å². The molecule has 0 N–H and O–H groups in total. The van der Waals surface area contributed by atoms with Crippen molar-refractivity contribution in [2.75, 3.05) is 18.1 Å². The average molecular weight is 408 g/mol. The lowest BCUT2D eigenvalue weighted by atomic mass is 10.0. The Bertz CT molecular complexity index is 856. The summed E-state index contributed by atoms with van der Waals surface area (Å²) in [5.41, 5.74) is 2.00. The van der Waals surface area contributed by atoms with Crippen LogP contribution in [0.2, 0.25) is 10.0 Å². The molecule has 0 unspecified atom stereocenters. The molecule has 1 heterocycles. The molecule has 142 valence electrons. The second kappa shape index (κ2) is 8.63. The third-order valence-electron chi connectivity index (χ3n) is 4.28. The Morgan fingerprint density at radius 3 is 2.74 bits per heavy atom. The summed E-state index contributed by atoms with van der Waals surface area (Å²) in [6.07, 6.45) is 0.905. The first-order valence-electron chi connectivity index (χ1n) is 8.62. The lowest BCUT2D eigenvalue weighted by molar-refractivity contribution is -0.154. The number of ether oxygens (including phenoxy) is 2. The first kappa shape index (κ1) is 19.5. The Kier molecular flexibility index (Phi) is 6.24. The zero-order valence-electron chi connectivity index (χ0n) is 14.8. The van der Waals surface area contributed by atoms with Gasteiger partial charge in [-0.1, -0.05) is 41.4 Å². The van der Waals surface area contributed by atoms with Gasteiger partial charge in [0.15, 0.2) is 12.7 Å². The highest BCUT2D eigenvalue weighted by molar-refractivity contribution is 6.35. The van der Waals surface area contributed by atoms with Crippen LogP contribution in [-0.4, -0.2) is 31.1 Å². The Morgan fingerprint density at radius 2 is 1.96 bits per heavy atom. The van der Waals surface area contributed by atoms with Gasteiger partial charge in [-0.2, -0.15) is 0 Å². The fourth-order valence-corrected chi connectivity index (χ4v) is 3.38. The molecular formula is C20H19Cl2NO4. The largest absolute Gasteiger partial charge is 0.477 e. The van der Waals surface area contributed by atoms with Gasteiger partial charge in [0.05, 0.1) is 5.02 Å². The van der Waals surface area contributed by atoms with Crippen LogP contribution in [0, 0.1) is 0 Å². The number of nitrogens with zero attached hydrogens (tertiary/aromatic N) is 1. The predicted molar refractivity (Wildman–Crippen MR) is 105 cm³/mol. The Hall–Kier alpha value is -2.24. The molecule has 0 fully saturated rings. The van der Waals surface area contributed by atoms with E-state index in [4.69, 9.17) is 32.7 Å². The number of rotatable bonds is 5. The van der Waals surface area contributed by atoms with Gasteiger partial charge in [0.25, 0.3) is 5.91 Å². The number of carbonyl (C=O) groups excluding carboxylic acids is 2. The van der Waals surface area contributed by atoms with Gasteiger partial charge in [-0.25, -0.2) is 4.79 Å². The molecule has 0 saturated carbocycles. The molecule has 2 aromatic carbocycles. The molecule has 0 spiro atoms. The topological polar surface area (TPSA) is 55.8 Å². The Morgan fingerprint density at radius 1 is 1.19 bits per heavy atom. The van der Waals surface area contributed by atoms with E-state index in [0.29, 0.717) is 22.3 Å². The van der Waals surface area contributed by atoms with E-state index in [1.807, 2.05) is 24.3 Å². The number of amides is 1. The number of fused-ring (bicyclic) bond motifs is 1. The van der Waals surface area contributed by atoms with Gasteiger partial charge in [-0.05, 0) is 49.6 Å². The van der Waals surface area contributed by atoms with Crippen LogP contribution >= 0.6 is 23.2 Å². The van der Waals surface area contributed by atoms with E-state index in [1.165, 1.54) is 13.0 Å². The Balaban J connectivity index is 1.56. The molecule has 1 aliphatic heterocycles. The first-order valence-corrected chi connectivity index (χ1v) is 9.38. The lowest BCUT2D eigenvalue weighted by Crippen LogP contribution is -2.39. The van der Waals surface area contributed by atoms with Gasteiger partial charge in [0.1, 0.15) is 5.75 Å². The van der Waals surface area contributed by atoms with Gasteiger partial charge in [-0.3, -0.25) is 4.79 Å². The standard InChI is InChI=1S/C20H19Cl2NO4/c1-13(27-18-9-8-15(21)11-16(18)22)20(25)26-12-19(24)23-10-4-6-14-5-2-3-7-17(14)23/h2-3,5,7-9,11,13H,4,6,10,12H2,1H3/t13-/m0/s1. The number of carbonyl (C=O) groups is 2. The van der Waals surface area contributed by atoms with E-state index in [0.717, 1.165) is 24.1 Å². The predicted octanol–water partition coefficient (Wildman–Crippen LogP) is 4.28. The number of halogens is 2. The molecule has 0 bridgehead atoms. The monoisotopic (exact) mass is 407 g/mol. The first-order chi connectivity index (χ1) is 13.0. The summed E-state index contributed by atoms with van der Waals surface area (Å²) >= 11 is 11.9. The molecule has 1 aliphatic rings. The molecule has 7 heteroatoms. The molecule has 1 amide bonds. The molecule has 0 aromatic heterocycles. The van der Waals surface area contributed by atoms with Crippen molar-refractivity contribution in [3.05, 3.63) is 58.1 Å². The number of benzene rings is 2. The summed E-state index contributed by atoms with van der Waals surface area (Å²) < 4.78 is 10.7. The zero-order chi connectivity index (χ0) is 19.4. The molecule has 2 aromatic rings. The molecule has 0 radical (unpaired) electrons. The summed E-state index contributed by atoms with van der Waals surface area (Å²) in [7, 11) is 0. The highest BCUT2D eigenvalue weighted by Crippen LogP contribution is 2.29. The van der Waals surface area contributed by atoms with E-state index in [2.05, 4.69) is 0 Å². The number of para-hydroxylation sites is 1. The molecule has 1 atom stereocenters. The van der Waals surface area contributed by atoms with Crippen molar-refractivity contribution < 1.29 is 19.1 Å². The minimum Gasteiger partial charge on any atom is -0.477 e. The summed E-state index contributed by atoms with van der Waals surface area (Å²) in [6, 6.07) is 12.5. The maximum atomic E-state index is 12.5. The molecule has 3 rings (SSSR count). The average Bonchev–Trinajstić information content (AvgIpc) is 2.67. The summed E-state index contributed by atoms with van der Waals surface area (Å²) in [4.78, 5) is 26.3. The lowest BCUT2D eigenvalue weighted by Gasteiger charge is -2.29. The molecule has 0 saturated heterocycles. The van der Waals surface area contributed by atoms with Crippen molar-refractivity contribution in [3.8, 4) is 5.75 Å². The van der Waals surface area contributed by atoms with Crippen LogP contribution < -0.4 is 9.64 Å². The highest BCUT2D eigenvalue weighted by atomic mass is 35.5. The number of aryl methyl sites for hydroxylation is 1. The maximum absolute atomic E-state index is 12.5. The number of hydrogen-bond donors (Lipinski definition) is 0. The fraction of sp³-hybridized carbons (Fsp3) is 0.300. The second-order valence-electron chi connectivity index (χ2n) is 6.22. The maximum Gasteiger partial charge on any atom is 0.347 e. The quantitative estimate of drug-likeness (QED) is 0.693.